The predicted molar refractivity (Wildman–Crippen MR) is 117 cm³/mol. The Morgan fingerprint density at radius 3 is 2.53 bits per heavy atom. The molecule has 0 spiro atoms. The summed E-state index contributed by atoms with van der Waals surface area (Å²) in [6, 6.07) is 21.0. The second-order valence-corrected chi connectivity index (χ2v) is 7.68. The van der Waals surface area contributed by atoms with Crippen LogP contribution in [-0.4, -0.2) is 34.6 Å². The van der Waals surface area contributed by atoms with E-state index in [1.54, 1.807) is 12.4 Å². The fraction of sp³-hybridized carbons (Fsp3) is 0.320. The topological polar surface area (TPSA) is 62.0 Å². The lowest BCUT2D eigenvalue weighted by molar-refractivity contribution is 0.176. The molecule has 152 valence electrons. The number of hydrogen-bond donors (Lipinski definition) is 0. The van der Waals surface area contributed by atoms with E-state index in [4.69, 9.17) is 9.72 Å². The van der Waals surface area contributed by atoms with Crippen molar-refractivity contribution in [2.75, 3.05) is 19.7 Å². The van der Waals surface area contributed by atoms with E-state index in [2.05, 4.69) is 40.2 Å². The number of pyridine rings is 2. The van der Waals surface area contributed by atoms with Crippen LogP contribution in [0.1, 0.15) is 31.0 Å². The molecule has 30 heavy (non-hydrogen) atoms. The van der Waals surface area contributed by atoms with E-state index in [1.165, 1.54) is 5.56 Å². The molecule has 0 N–H and O–H groups in total. The highest BCUT2D eigenvalue weighted by molar-refractivity contribution is 5.68. The molecule has 3 heterocycles. The van der Waals surface area contributed by atoms with Crippen molar-refractivity contribution >= 4 is 0 Å². The Balaban J connectivity index is 1.56. The third kappa shape index (κ3) is 4.19. The second kappa shape index (κ2) is 9.06. The van der Waals surface area contributed by atoms with E-state index in [9.17, 15) is 5.26 Å². The van der Waals surface area contributed by atoms with Crippen LogP contribution in [0, 0.1) is 11.3 Å². The van der Waals surface area contributed by atoms with Crippen molar-refractivity contribution in [2.24, 2.45) is 0 Å². The lowest BCUT2D eigenvalue weighted by Gasteiger charge is -2.37. The van der Waals surface area contributed by atoms with Gasteiger partial charge in [-0.05, 0) is 43.5 Å². The van der Waals surface area contributed by atoms with Gasteiger partial charge in [-0.1, -0.05) is 36.4 Å². The number of aromatic nitrogens is 2. The maximum absolute atomic E-state index is 10.1. The Hall–Kier alpha value is -3.23. The van der Waals surface area contributed by atoms with Gasteiger partial charge in [-0.3, -0.25) is 9.88 Å². The Morgan fingerprint density at radius 2 is 1.87 bits per heavy atom. The van der Waals surface area contributed by atoms with E-state index in [-0.39, 0.29) is 0 Å². The van der Waals surface area contributed by atoms with Gasteiger partial charge in [0.05, 0.1) is 18.4 Å². The van der Waals surface area contributed by atoms with Crippen LogP contribution in [0.25, 0.3) is 11.1 Å². The molecule has 5 heteroatoms. The van der Waals surface area contributed by atoms with Crippen LogP contribution in [0.5, 0.6) is 5.88 Å². The number of likely N-dealkylation sites (tertiary alicyclic amines) is 1. The van der Waals surface area contributed by atoms with Gasteiger partial charge in [0, 0.05) is 43.2 Å². The van der Waals surface area contributed by atoms with Gasteiger partial charge in [-0.2, -0.15) is 5.26 Å². The summed E-state index contributed by atoms with van der Waals surface area (Å²) in [6.45, 7) is 5.13. The van der Waals surface area contributed by atoms with Crippen LogP contribution in [-0.2, 0) is 12.0 Å². The molecule has 3 aromatic rings. The highest BCUT2D eigenvalue weighted by Crippen LogP contribution is 2.37. The maximum Gasteiger partial charge on any atom is 0.221 e. The fourth-order valence-corrected chi connectivity index (χ4v) is 4.06. The first-order chi connectivity index (χ1) is 14.7. The molecular formula is C25H26N4O. The van der Waals surface area contributed by atoms with Crippen LogP contribution < -0.4 is 4.74 Å². The van der Waals surface area contributed by atoms with Crippen molar-refractivity contribution in [1.29, 1.82) is 5.26 Å². The Kier molecular flexibility index (Phi) is 6.06. The normalized spacial score (nSPS) is 16.0. The molecule has 1 saturated heterocycles. The fourth-order valence-electron chi connectivity index (χ4n) is 4.06. The highest BCUT2D eigenvalue weighted by Gasteiger charge is 2.38. The summed E-state index contributed by atoms with van der Waals surface area (Å²) in [5.41, 5.74) is 3.40. The first kappa shape index (κ1) is 20.1. The Morgan fingerprint density at radius 1 is 1.07 bits per heavy atom. The minimum atomic E-state index is -0.577. The van der Waals surface area contributed by atoms with Crippen LogP contribution in [0.15, 0.2) is 67.0 Å². The van der Waals surface area contributed by atoms with E-state index < -0.39 is 5.41 Å². The zero-order chi connectivity index (χ0) is 20.8. The summed E-state index contributed by atoms with van der Waals surface area (Å²) < 4.78 is 5.85. The molecule has 0 unspecified atom stereocenters. The zero-order valence-corrected chi connectivity index (χ0v) is 17.3. The molecule has 0 atom stereocenters. The summed E-state index contributed by atoms with van der Waals surface area (Å²) in [4.78, 5) is 11.4. The molecule has 0 radical (unpaired) electrons. The van der Waals surface area contributed by atoms with Crippen LogP contribution in [0.2, 0.25) is 0 Å². The molecule has 4 rings (SSSR count). The molecule has 0 saturated carbocycles. The van der Waals surface area contributed by atoms with E-state index in [0.29, 0.717) is 12.5 Å². The molecule has 5 nitrogen and oxygen atoms in total. The minimum Gasteiger partial charge on any atom is -0.478 e. The molecule has 1 fully saturated rings. The molecule has 0 amide bonds. The van der Waals surface area contributed by atoms with Gasteiger partial charge in [-0.25, -0.2) is 4.98 Å². The van der Waals surface area contributed by atoms with Gasteiger partial charge in [-0.15, -0.1) is 0 Å². The summed E-state index contributed by atoms with van der Waals surface area (Å²) in [6.07, 6.45) is 5.09. The average molecular weight is 399 g/mol. The number of hydrogen-bond acceptors (Lipinski definition) is 5. The van der Waals surface area contributed by atoms with Crippen LogP contribution >= 0.6 is 0 Å². The van der Waals surface area contributed by atoms with Gasteiger partial charge in [0.2, 0.25) is 5.88 Å². The quantitative estimate of drug-likeness (QED) is 0.607. The van der Waals surface area contributed by atoms with Gasteiger partial charge >= 0.3 is 0 Å². The molecule has 2 aromatic heterocycles. The number of piperidine rings is 1. The number of nitrogens with zero attached hydrogens (tertiary/aromatic N) is 4. The second-order valence-electron chi connectivity index (χ2n) is 7.68. The van der Waals surface area contributed by atoms with Crippen molar-refractivity contribution in [2.45, 2.75) is 31.7 Å². The van der Waals surface area contributed by atoms with Crippen molar-refractivity contribution in [3.8, 4) is 23.1 Å². The third-order valence-corrected chi connectivity index (χ3v) is 5.78. The van der Waals surface area contributed by atoms with Gasteiger partial charge in [0.15, 0.2) is 0 Å². The van der Waals surface area contributed by atoms with Crippen molar-refractivity contribution in [3.63, 3.8) is 0 Å². The first-order valence-corrected chi connectivity index (χ1v) is 10.5. The van der Waals surface area contributed by atoms with Crippen molar-refractivity contribution in [3.05, 3.63) is 78.2 Å². The summed E-state index contributed by atoms with van der Waals surface area (Å²) in [5.74, 6) is 0.573. The molecule has 1 aliphatic rings. The summed E-state index contributed by atoms with van der Waals surface area (Å²) >= 11 is 0. The number of ether oxygens (including phenoxy) is 1. The molecule has 0 aliphatic carbocycles. The van der Waals surface area contributed by atoms with Crippen LogP contribution in [0.4, 0.5) is 0 Å². The maximum atomic E-state index is 10.1. The van der Waals surface area contributed by atoms with Gasteiger partial charge in [0.1, 0.15) is 5.41 Å². The standard InChI is InChI=1S/C25H26N4O/c1-2-30-24-22(21-9-6-14-27-17-21)10-11-23(28-24)25(19-26)12-15-29(16-13-25)18-20-7-4-3-5-8-20/h3-11,14,17H,2,12-13,15-16,18H2,1H3. The average Bonchev–Trinajstić information content (AvgIpc) is 2.81. The van der Waals surface area contributed by atoms with Gasteiger partial charge in [0.25, 0.3) is 0 Å². The summed E-state index contributed by atoms with van der Waals surface area (Å²) in [5, 5.41) is 10.1. The highest BCUT2D eigenvalue weighted by atomic mass is 16.5. The van der Waals surface area contributed by atoms with Crippen molar-refractivity contribution < 1.29 is 4.74 Å². The first-order valence-electron chi connectivity index (χ1n) is 10.5. The van der Waals surface area contributed by atoms with E-state index in [0.717, 1.165) is 49.3 Å². The predicted octanol–water partition coefficient (Wildman–Crippen LogP) is 4.60. The lowest BCUT2D eigenvalue weighted by Crippen LogP contribution is -2.42. The molecule has 0 bridgehead atoms. The Bertz CT molecular complexity index is 1010. The minimum absolute atomic E-state index is 0.522. The number of nitriles is 1. The molecule has 1 aliphatic heterocycles. The largest absolute Gasteiger partial charge is 0.478 e. The number of rotatable bonds is 6. The van der Waals surface area contributed by atoms with Crippen molar-refractivity contribution in [1.82, 2.24) is 14.9 Å². The van der Waals surface area contributed by atoms with E-state index >= 15 is 0 Å². The SMILES string of the molecule is CCOc1nc(C2(C#N)CCN(Cc3ccccc3)CC2)ccc1-c1cccnc1. The summed E-state index contributed by atoms with van der Waals surface area (Å²) in [7, 11) is 0. The van der Waals surface area contributed by atoms with Crippen LogP contribution in [0.3, 0.4) is 0 Å². The zero-order valence-electron chi connectivity index (χ0n) is 17.3. The lowest BCUT2D eigenvalue weighted by atomic mass is 9.76. The monoisotopic (exact) mass is 398 g/mol. The van der Waals surface area contributed by atoms with Gasteiger partial charge < -0.3 is 4.74 Å². The number of benzene rings is 1. The van der Waals surface area contributed by atoms with E-state index in [1.807, 2.05) is 37.3 Å². The molecule has 1 aromatic carbocycles. The third-order valence-electron chi connectivity index (χ3n) is 5.78. The Labute approximate surface area is 178 Å². The molecular weight excluding hydrogens is 372 g/mol. The smallest absolute Gasteiger partial charge is 0.221 e.